The smallest absolute Gasteiger partial charge is 0.277 e. The number of amides is 2. The lowest BCUT2D eigenvalue weighted by Crippen LogP contribution is -2.17. The van der Waals surface area contributed by atoms with Crippen molar-refractivity contribution < 1.29 is 9.59 Å². The number of nitrogens with one attached hydrogen (secondary N) is 2. The summed E-state index contributed by atoms with van der Waals surface area (Å²) in [6.45, 7) is 1.98. The number of anilines is 1. The van der Waals surface area contributed by atoms with E-state index in [9.17, 15) is 9.59 Å². The van der Waals surface area contributed by atoms with Crippen molar-refractivity contribution >= 4 is 50.7 Å². The molecule has 2 N–H and O–H groups in total. The number of thiazole rings is 1. The fraction of sp³-hybridized carbons (Fsp3) is 0.105. The predicted octanol–water partition coefficient (Wildman–Crippen LogP) is 3.70. The fourth-order valence-corrected chi connectivity index (χ4v) is 4.18. The molecule has 0 aliphatic rings. The molecule has 0 atom stereocenters. The third kappa shape index (κ3) is 4.05. The minimum Gasteiger partial charge on any atom is -0.351 e. The fourth-order valence-electron chi connectivity index (χ4n) is 2.49. The zero-order valence-corrected chi connectivity index (χ0v) is 16.4. The Morgan fingerprint density at radius 2 is 1.89 bits per heavy atom. The van der Waals surface area contributed by atoms with Crippen molar-refractivity contribution in [3.05, 3.63) is 58.5 Å². The molecule has 0 fully saturated rings. The molecule has 3 aromatic heterocycles. The van der Waals surface area contributed by atoms with E-state index in [2.05, 4.69) is 25.6 Å². The molecule has 4 rings (SSSR count). The Balaban J connectivity index is 1.46. The van der Waals surface area contributed by atoms with Crippen LogP contribution in [-0.2, 0) is 11.3 Å². The quantitative estimate of drug-likeness (QED) is 0.524. The monoisotopic (exact) mass is 409 g/mol. The lowest BCUT2D eigenvalue weighted by molar-refractivity contribution is -0.119. The summed E-state index contributed by atoms with van der Waals surface area (Å²) in [6, 6.07) is 11.3. The van der Waals surface area contributed by atoms with Crippen LogP contribution in [0.5, 0.6) is 0 Å². The van der Waals surface area contributed by atoms with Crippen LogP contribution in [-0.4, -0.2) is 26.8 Å². The number of carbonyl (C=O) groups is 2. The van der Waals surface area contributed by atoms with Crippen LogP contribution >= 0.6 is 22.7 Å². The molecule has 3 heterocycles. The van der Waals surface area contributed by atoms with Gasteiger partial charge in [-0.3, -0.25) is 19.9 Å². The average Bonchev–Trinajstić information content (AvgIpc) is 3.35. The largest absolute Gasteiger partial charge is 0.351 e. The number of para-hydroxylation sites is 2. The summed E-state index contributed by atoms with van der Waals surface area (Å²) >= 11 is 2.90. The van der Waals surface area contributed by atoms with E-state index in [0.717, 1.165) is 21.0 Å². The molecule has 9 heteroatoms. The number of nitrogens with zero attached hydrogens (tertiary/aromatic N) is 3. The second-order valence-electron chi connectivity index (χ2n) is 5.91. The molecular formula is C19H15N5O2S2. The van der Waals surface area contributed by atoms with Crippen LogP contribution in [0.25, 0.3) is 21.6 Å². The number of hydrogen-bond acceptors (Lipinski definition) is 7. The van der Waals surface area contributed by atoms with Crippen molar-refractivity contribution in [2.45, 2.75) is 13.5 Å². The maximum Gasteiger partial charge on any atom is 0.277 e. The second kappa shape index (κ2) is 7.83. The van der Waals surface area contributed by atoms with Gasteiger partial charge in [0.2, 0.25) is 5.91 Å². The lowest BCUT2D eigenvalue weighted by atomic mass is 10.3. The van der Waals surface area contributed by atoms with Gasteiger partial charge in [0.25, 0.3) is 5.91 Å². The zero-order valence-electron chi connectivity index (χ0n) is 14.8. The molecule has 7 nitrogen and oxygen atoms in total. The minimum atomic E-state index is -0.350. The van der Waals surface area contributed by atoms with Gasteiger partial charge in [0.1, 0.15) is 5.69 Å². The molecule has 28 heavy (non-hydrogen) atoms. The number of aromatic nitrogens is 3. The lowest BCUT2D eigenvalue weighted by Gasteiger charge is -2.02. The Morgan fingerprint density at radius 3 is 2.71 bits per heavy atom. The molecule has 1 aromatic carbocycles. The van der Waals surface area contributed by atoms with E-state index in [-0.39, 0.29) is 17.5 Å². The SMILES string of the molecule is CC(=O)NCc1ccc(-c2csc(NC(=O)c3cnc4ccccc4n3)n2)s1. The highest BCUT2D eigenvalue weighted by Crippen LogP contribution is 2.31. The van der Waals surface area contributed by atoms with Gasteiger partial charge in [-0.25, -0.2) is 9.97 Å². The summed E-state index contributed by atoms with van der Waals surface area (Å²) < 4.78 is 0. The summed E-state index contributed by atoms with van der Waals surface area (Å²) in [5.74, 6) is -0.415. The highest BCUT2D eigenvalue weighted by molar-refractivity contribution is 7.17. The molecule has 2 amide bonds. The summed E-state index contributed by atoms with van der Waals surface area (Å²) in [7, 11) is 0. The molecule has 0 bridgehead atoms. The number of carbonyl (C=O) groups excluding carboxylic acids is 2. The van der Waals surface area contributed by atoms with Crippen molar-refractivity contribution in [2.24, 2.45) is 0 Å². The van der Waals surface area contributed by atoms with Crippen LogP contribution in [0.3, 0.4) is 0 Å². The summed E-state index contributed by atoms with van der Waals surface area (Å²) in [6.07, 6.45) is 1.46. The number of hydrogen-bond donors (Lipinski definition) is 2. The molecular weight excluding hydrogens is 394 g/mol. The van der Waals surface area contributed by atoms with E-state index in [1.165, 1.54) is 24.5 Å². The average molecular weight is 409 g/mol. The molecule has 0 saturated carbocycles. The van der Waals surface area contributed by atoms with Crippen LogP contribution in [0.4, 0.5) is 5.13 Å². The van der Waals surface area contributed by atoms with E-state index in [0.29, 0.717) is 17.2 Å². The molecule has 0 unspecified atom stereocenters. The van der Waals surface area contributed by atoms with E-state index in [1.54, 1.807) is 11.3 Å². The molecule has 4 aromatic rings. The third-order valence-electron chi connectivity index (χ3n) is 3.83. The summed E-state index contributed by atoms with van der Waals surface area (Å²) in [4.78, 5) is 38.6. The van der Waals surface area contributed by atoms with Gasteiger partial charge < -0.3 is 5.32 Å². The minimum absolute atomic E-state index is 0.0644. The number of fused-ring (bicyclic) bond motifs is 1. The van der Waals surface area contributed by atoms with Crippen LogP contribution < -0.4 is 10.6 Å². The van der Waals surface area contributed by atoms with Crippen molar-refractivity contribution in [3.63, 3.8) is 0 Å². The van der Waals surface area contributed by atoms with Gasteiger partial charge in [-0.1, -0.05) is 12.1 Å². The first-order valence-corrected chi connectivity index (χ1v) is 10.1. The zero-order chi connectivity index (χ0) is 19.5. The Labute approximate surface area is 168 Å². The Hall–Kier alpha value is -3.17. The first-order valence-electron chi connectivity index (χ1n) is 8.41. The van der Waals surface area contributed by atoms with Crippen LogP contribution in [0.15, 0.2) is 48.0 Å². The normalized spacial score (nSPS) is 10.8. The topological polar surface area (TPSA) is 96.9 Å². The van der Waals surface area contributed by atoms with E-state index in [4.69, 9.17) is 0 Å². The molecule has 0 saturated heterocycles. The molecule has 0 aliphatic carbocycles. The maximum absolute atomic E-state index is 12.5. The molecule has 0 radical (unpaired) electrons. The number of benzene rings is 1. The molecule has 140 valence electrons. The summed E-state index contributed by atoms with van der Waals surface area (Å²) in [5.41, 5.74) is 2.43. The van der Waals surface area contributed by atoms with Crippen molar-refractivity contribution in [1.82, 2.24) is 20.3 Å². The van der Waals surface area contributed by atoms with Crippen LogP contribution in [0, 0.1) is 0 Å². The van der Waals surface area contributed by atoms with Crippen LogP contribution in [0.1, 0.15) is 22.3 Å². The van der Waals surface area contributed by atoms with Crippen molar-refractivity contribution in [2.75, 3.05) is 5.32 Å². The number of rotatable bonds is 5. The highest BCUT2D eigenvalue weighted by Gasteiger charge is 2.13. The Kier molecular flexibility index (Phi) is 5.09. The van der Waals surface area contributed by atoms with Crippen molar-refractivity contribution in [1.29, 1.82) is 0 Å². The molecule has 0 spiro atoms. The standard InChI is InChI=1S/C19H15N5O2S2/c1-11(25)20-8-12-6-7-17(28-12)16-10-27-19(23-16)24-18(26)15-9-21-13-4-2-3-5-14(13)22-15/h2-7,9-10H,8H2,1H3,(H,20,25)(H,23,24,26). The van der Waals surface area contributed by atoms with Gasteiger partial charge in [-0.2, -0.15) is 0 Å². The second-order valence-corrected chi connectivity index (χ2v) is 7.94. The van der Waals surface area contributed by atoms with Crippen LogP contribution in [0.2, 0.25) is 0 Å². The first kappa shape index (κ1) is 18.2. The van der Waals surface area contributed by atoms with Gasteiger partial charge in [-0.15, -0.1) is 22.7 Å². The third-order valence-corrected chi connectivity index (χ3v) is 5.70. The predicted molar refractivity (Wildman–Crippen MR) is 110 cm³/mol. The molecule has 0 aliphatic heterocycles. The number of thiophene rings is 1. The van der Waals surface area contributed by atoms with E-state index >= 15 is 0 Å². The van der Waals surface area contributed by atoms with Gasteiger partial charge in [0.05, 0.1) is 34.3 Å². The Bertz CT molecular complexity index is 1170. The van der Waals surface area contributed by atoms with Gasteiger partial charge in [0.15, 0.2) is 5.13 Å². The van der Waals surface area contributed by atoms with Crippen molar-refractivity contribution in [3.8, 4) is 10.6 Å². The van der Waals surface area contributed by atoms with E-state index < -0.39 is 0 Å². The Morgan fingerprint density at radius 1 is 1.07 bits per heavy atom. The summed E-state index contributed by atoms with van der Waals surface area (Å²) in [5, 5.41) is 7.92. The highest BCUT2D eigenvalue weighted by atomic mass is 32.1. The van der Waals surface area contributed by atoms with E-state index in [1.807, 2.05) is 41.8 Å². The maximum atomic E-state index is 12.5. The first-order chi connectivity index (χ1) is 13.6. The van der Waals surface area contributed by atoms with Gasteiger partial charge in [0, 0.05) is 17.2 Å². The van der Waals surface area contributed by atoms with Gasteiger partial charge in [-0.05, 0) is 24.3 Å². The van der Waals surface area contributed by atoms with Gasteiger partial charge >= 0.3 is 0 Å².